The third kappa shape index (κ3) is 5.14. The fourth-order valence-electron chi connectivity index (χ4n) is 3.47. The molecule has 0 saturated heterocycles. The summed E-state index contributed by atoms with van der Waals surface area (Å²) < 4.78 is 28.3. The van der Waals surface area contributed by atoms with E-state index in [9.17, 15) is 13.2 Å². The molecule has 1 amide bonds. The monoisotopic (exact) mass is 476 g/mol. The molecule has 7 nitrogen and oxygen atoms in total. The van der Waals surface area contributed by atoms with E-state index >= 15 is 0 Å². The zero-order valence-corrected chi connectivity index (χ0v) is 20.4. The summed E-state index contributed by atoms with van der Waals surface area (Å²) in [5.74, 6) is 0.645. The molecule has 0 spiro atoms. The summed E-state index contributed by atoms with van der Waals surface area (Å²) in [6, 6.07) is 10.4. The van der Waals surface area contributed by atoms with Gasteiger partial charge in [-0.3, -0.25) is 4.79 Å². The van der Waals surface area contributed by atoms with E-state index in [0.29, 0.717) is 22.6 Å². The Labute approximate surface area is 194 Å². The molecule has 0 saturated carbocycles. The van der Waals surface area contributed by atoms with Gasteiger partial charge < -0.3 is 9.88 Å². The normalized spacial score (nSPS) is 11.9. The Morgan fingerprint density at radius 2 is 1.97 bits per heavy atom. The molecule has 0 aliphatic carbocycles. The van der Waals surface area contributed by atoms with E-state index in [1.807, 2.05) is 13.0 Å². The standard InChI is InChI=1S/C23H29ClN4O3S/c1-5-6-14-28-21-11-10-17(32(30,31)27(3)4)15-20(21)25-22(28)12-13-23(29)26-19-9-7-8-18(24)16(19)2/h7-11,15H,5-6,12-14H2,1-4H3,(H,26,29). The molecule has 0 aliphatic rings. The first-order valence-electron chi connectivity index (χ1n) is 10.6. The summed E-state index contributed by atoms with van der Waals surface area (Å²) >= 11 is 6.14. The van der Waals surface area contributed by atoms with Crippen molar-refractivity contribution in [3.63, 3.8) is 0 Å². The largest absolute Gasteiger partial charge is 0.328 e. The van der Waals surface area contributed by atoms with Gasteiger partial charge in [-0.15, -0.1) is 0 Å². The molecule has 0 bridgehead atoms. The van der Waals surface area contributed by atoms with Crippen molar-refractivity contribution in [2.24, 2.45) is 0 Å². The van der Waals surface area contributed by atoms with Gasteiger partial charge in [0.25, 0.3) is 0 Å². The van der Waals surface area contributed by atoms with Gasteiger partial charge in [-0.05, 0) is 49.2 Å². The maximum atomic E-state index is 12.6. The lowest BCUT2D eigenvalue weighted by atomic mass is 10.2. The summed E-state index contributed by atoms with van der Waals surface area (Å²) in [5, 5.41) is 3.52. The van der Waals surface area contributed by atoms with Gasteiger partial charge in [0.05, 0.1) is 15.9 Å². The molecule has 3 aromatic rings. The van der Waals surface area contributed by atoms with Gasteiger partial charge in [0.1, 0.15) is 5.82 Å². The lowest BCUT2D eigenvalue weighted by Gasteiger charge is -2.12. The Bertz CT molecular complexity index is 1240. The number of benzene rings is 2. The molecular weight excluding hydrogens is 448 g/mol. The van der Waals surface area contributed by atoms with Gasteiger partial charge in [-0.1, -0.05) is 31.0 Å². The third-order valence-corrected chi connectivity index (χ3v) is 7.65. The minimum atomic E-state index is -3.55. The highest BCUT2D eigenvalue weighted by Crippen LogP contribution is 2.25. The van der Waals surface area contributed by atoms with E-state index in [4.69, 9.17) is 11.6 Å². The number of rotatable bonds is 9. The van der Waals surface area contributed by atoms with Crippen LogP contribution in [0.3, 0.4) is 0 Å². The number of imidazole rings is 1. The van der Waals surface area contributed by atoms with Gasteiger partial charge in [-0.25, -0.2) is 17.7 Å². The van der Waals surface area contributed by atoms with Crippen LogP contribution in [0.2, 0.25) is 5.02 Å². The Hall–Kier alpha value is -2.42. The van der Waals surface area contributed by atoms with Crippen LogP contribution in [0.25, 0.3) is 11.0 Å². The van der Waals surface area contributed by atoms with E-state index in [1.165, 1.54) is 18.4 Å². The van der Waals surface area contributed by atoms with Crippen molar-refractivity contribution in [2.45, 2.75) is 51.0 Å². The van der Waals surface area contributed by atoms with E-state index in [0.717, 1.165) is 36.3 Å². The van der Waals surface area contributed by atoms with Crippen LogP contribution < -0.4 is 5.32 Å². The van der Waals surface area contributed by atoms with Gasteiger partial charge in [0, 0.05) is 44.2 Å². The molecule has 1 N–H and O–H groups in total. The molecule has 32 heavy (non-hydrogen) atoms. The van der Waals surface area contributed by atoms with E-state index in [-0.39, 0.29) is 17.2 Å². The number of anilines is 1. The lowest BCUT2D eigenvalue weighted by Crippen LogP contribution is -2.22. The maximum Gasteiger partial charge on any atom is 0.242 e. The molecule has 1 aromatic heterocycles. The average Bonchev–Trinajstić information content (AvgIpc) is 3.10. The molecule has 3 rings (SSSR count). The summed E-state index contributed by atoms with van der Waals surface area (Å²) in [6.07, 6.45) is 2.68. The Kier molecular flexibility index (Phi) is 7.59. The van der Waals surface area contributed by atoms with E-state index in [1.54, 1.807) is 30.3 Å². The number of halogens is 1. The number of aromatic nitrogens is 2. The van der Waals surface area contributed by atoms with Crippen molar-refractivity contribution in [1.29, 1.82) is 0 Å². The second kappa shape index (κ2) is 10.0. The smallest absolute Gasteiger partial charge is 0.242 e. The van der Waals surface area contributed by atoms with Gasteiger partial charge in [0.15, 0.2) is 0 Å². The summed E-state index contributed by atoms with van der Waals surface area (Å²) in [6.45, 7) is 4.74. The molecule has 172 valence electrons. The van der Waals surface area contributed by atoms with Crippen LogP contribution in [0.15, 0.2) is 41.3 Å². The highest BCUT2D eigenvalue weighted by atomic mass is 35.5. The third-order valence-electron chi connectivity index (χ3n) is 5.43. The summed E-state index contributed by atoms with van der Waals surface area (Å²) in [5.41, 5.74) is 3.01. The summed E-state index contributed by atoms with van der Waals surface area (Å²) in [7, 11) is -0.538. The van der Waals surface area contributed by atoms with Crippen molar-refractivity contribution >= 4 is 44.3 Å². The lowest BCUT2D eigenvalue weighted by molar-refractivity contribution is -0.116. The SMILES string of the molecule is CCCCn1c(CCC(=O)Nc2cccc(Cl)c2C)nc2cc(S(=O)(=O)N(C)C)ccc21. The zero-order valence-electron chi connectivity index (χ0n) is 18.9. The van der Waals surface area contributed by atoms with Crippen LogP contribution in [0.5, 0.6) is 0 Å². The van der Waals surface area contributed by atoms with Gasteiger partial charge in [0.2, 0.25) is 15.9 Å². The van der Waals surface area contributed by atoms with Gasteiger partial charge in [-0.2, -0.15) is 0 Å². The Morgan fingerprint density at radius 3 is 2.66 bits per heavy atom. The summed E-state index contributed by atoms with van der Waals surface area (Å²) in [4.78, 5) is 17.5. The molecule has 0 fully saturated rings. The minimum Gasteiger partial charge on any atom is -0.328 e. The molecule has 1 heterocycles. The molecule has 0 unspecified atom stereocenters. The molecule has 0 atom stereocenters. The highest BCUT2D eigenvalue weighted by molar-refractivity contribution is 7.89. The number of amides is 1. The van der Waals surface area contributed by atoms with Crippen molar-refractivity contribution in [3.8, 4) is 0 Å². The van der Waals surface area contributed by atoms with Crippen LogP contribution in [0.1, 0.15) is 37.6 Å². The number of aryl methyl sites for hydroxylation is 2. The van der Waals surface area contributed by atoms with Crippen molar-refractivity contribution in [2.75, 3.05) is 19.4 Å². The second-order valence-electron chi connectivity index (χ2n) is 7.93. The number of carbonyl (C=O) groups excluding carboxylic acids is 1. The predicted molar refractivity (Wildman–Crippen MR) is 129 cm³/mol. The van der Waals surface area contributed by atoms with Crippen LogP contribution in [0.4, 0.5) is 5.69 Å². The van der Waals surface area contributed by atoms with Crippen LogP contribution in [0, 0.1) is 6.92 Å². The predicted octanol–water partition coefficient (Wildman–Crippen LogP) is 4.62. The number of fused-ring (bicyclic) bond motifs is 1. The first-order valence-corrected chi connectivity index (χ1v) is 12.4. The Balaban J connectivity index is 1.85. The first-order chi connectivity index (χ1) is 15.1. The molecule has 9 heteroatoms. The zero-order chi connectivity index (χ0) is 23.5. The fraction of sp³-hybridized carbons (Fsp3) is 0.391. The van der Waals surface area contributed by atoms with E-state index < -0.39 is 10.0 Å². The average molecular weight is 477 g/mol. The minimum absolute atomic E-state index is 0.125. The number of hydrogen-bond acceptors (Lipinski definition) is 4. The highest BCUT2D eigenvalue weighted by Gasteiger charge is 2.20. The number of hydrogen-bond donors (Lipinski definition) is 1. The number of nitrogens with zero attached hydrogens (tertiary/aromatic N) is 3. The van der Waals surface area contributed by atoms with E-state index in [2.05, 4.69) is 21.8 Å². The number of nitrogens with one attached hydrogen (secondary N) is 1. The topological polar surface area (TPSA) is 84.3 Å². The molecule has 2 aromatic carbocycles. The van der Waals surface area contributed by atoms with Gasteiger partial charge >= 0.3 is 0 Å². The van der Waals surface area contributed by atoms with Crippen LogP contribution in [-0.2, 0) is 27.8 Å². The fourth-order valence-corrected chi connectivity index (χ4v) is 4.57. The maximum absolute atomic E-state index is 12.6. The first kappa shape index (κ1) is 24.2. The number of unbranched alkanes of at least 4 members (excludes halogenated alkanes) is 1. The second-order valence-corrected chi connectivity index (χ2v) is 10.5. The van der Waals surface area contributed by atoms with Crippen molar-refractivity contribution in [1.82, 2.24) is 13.9 Å². The quantitative estimate of drug-likeness (QED) is 0.488. The number of carbonyl (C=O) groups is 1. The van der Waals surface area contributed by atoms with Crippen molar-refractivity contribution in [3.05, 3.63) is 52.8 Å². The molecular formula is C23H29ClN4O3S. The Morgan fingerprint density at radius 1 is 1.22 bits per heavy atom. The van der Waals surface area contributed by atoms with Crippen LogP contribution in [-0.4, -0.2) is 42.3 Å². The van der Waals surface area contributed by atoms with Crippen molar-refractivity contribution < 1.29 is 13.2 Å². The molecule has 0 aliphatic heterocycles. The number of sulfonamides is 1. The molecule has 0 radical (unpaired) electrons. The van der Waals surface area contributed by atoms with Crippen LogP contribution >= 0.6 is 11.6 Å².